The maximum atomic E-state index is 13.3. The Bertz CT molecular complexity index is 679. The summed E-state index contributed by atoms with van der Waals surface area (Å²) in [7, 11) is 0. The molecule has 0 atom stereocenters. The van der Waals surface area contributed by atoms with Crippen LogP contribution in [0.5, 0.6) is 5.75 Å². The number of rotatable bonds is 4. The zero-order chi connectivity index (χ0) is 15.1. The van der Waals surface area contributed by atoms with Crippen molar-refractivity contribution < 1.29 is 13.5 Å². The van der Waals surface area contributed by atoms with E-state index in [1.807, 2.05) is 0 Å². The van der Waals surface area contributed by atoms with Gasteiger partial charge >= 0.3 is 0 Å². The van der Waals surface area contributed by atoms with E-state index in [2.05, 4.69) is 16.8 Å². The minimum Gasteiger partial charge on any atom is -0.488 e. The second kappa shape index (κ2) is 7.61. The first-order valence-electron chi connectivity index (χ1n) is 6.25. The first-order chi connectivity index (χ1) is 10.2. The van der Waals surface area contributed by atoms with Gasteiger partial charge in [0.15, 0.2) is 0 Å². The Labute approximate surface area is 126 Å². The van der Waals surface area contributed by atoms with Crippen molar-refractivity contribution in [2.45, 2.75) is 13.0 Å². The van der Waals surface area contributed by atoms with Gasteiger partial charge in [0, 0.05) is 24.1 Å². The van der Waals surface area contributed by atoms with Crippen LogP contribution in [0.15, 0.2) is 36.7 Å². The lowest BCUT2D eigenvalue weighted by Crippen LogP contribution is -1.99. The van der Waals surface area contributed by atoms with Gasteiger partial charge in [0.2, 0.25) is 0 Å². The van der Waals surface area contributed by atoms with Crippen LogP contribution in [0, 0.1) is 23.5 Å². The van der Waals surface area contributed by atoms with Crippen LogP contribution >= 0.6 is 11.6 Å². The van der Waals surface area contributed by atoms with Crippen molar-refractivity contribution in [3.8, 4) is 17.6 Å². The highest BCUT2D eigenvalue weighted by molar-refractivity contribution is 6.18. The van der Waals surface area contributed by atoms with Gasteiger partial charge in [-0.05, 0) is 24.3 Å². The zero-order valence-electron chi connectivity index (χ0n) is 11.1. The molecule has 0 saturated carbocycles. The van der Waals surface area contributed by atoms with Crippen molar-refractivity contribution in [1.82, 2.24) is 4.98 Å². The first kappa shape index (κ1) is 15.3. The number of hydrogen-bond donors (Lipinski definition) is 0. The summed E-state index contributed by atoms with van der Waals surface area (Å²) in [5.41, 5.74) is 1.02. The van der Waals surface area contributed by atoms with Crippen LogP contribution in [0.2, 0.25) is 0 Å². The van der Waals surface area contributed by atoms with E-state index in [0.29, 0.717) is 29.2 Å². The van der Waals surface area contributed by atoms with Crippen LogP contribution in [0.4, 0.5) is 8.78 Å². The van der Waals surface area contributed by atoms with Gasteiger partial charge < -0.3 is 4.74 Å². The number of benzene rings is 1. The van der Waals surface area contributed by atoms with Gasteiger partial charge in [-0.25, -0.2) is 8.78 Å². The number of hydrogen-bond acceptors (Lipinski definition) is 2. The number of alkyl halides is 1. The van der Waals surface area contributed by atoms with Gasteiger partial charge in [-0.2, -0.15) is 0 Å². The predicted octanol–water partition coefficient (Wildman–Crippen LogP) is 3.92. The molecular formula is C16H12ClF2NO. The van der Waals surface area contributed by atoms with Crippen LogP contribution in [0.3, 0.4) is 0 Å². The Hall–Kier alpha value is -2.12. The molecule has 0 fully saturated rings. The van der Waals surface area contributed by atoms with E-state index < -0.39 is 11.6 Å². The van der Waals surface area contributed by atoms with Crippen molar-refractivity contribution in [3.63, 3.8) is 0 Å². The van der Waals surface area contributed by atoms with Crippen molar-refractivity contribution in [2.24, 2.45) is 0 Å². The number of pyridine rings is 1. The molecule has 0 radical (unpaired) electrons. The van der Waals surface area contributed by atoms with E-state index in [4.69, 9.17) is 16.3 Å². The van der Waals surface area contributed by atoms with Crippen molar-refractivity contribution in [2.75, 3.05) is 5.88 Å². The molecule has 2 aromatic rings. The lowest BCUT2D eigenvalue weighted by Gasteiger charge is -2.08. The van der Waals surface area contributed by atoms with E-state index in [-0.39, 0.29) is 6.61 Å². The lowest BCUT2D eigenvalue weighted by atomic mass is 10.2. The van der Waals surface area contributed by atoms with Crippen molar-refractivity contribution in [1.29, 1.82) is 0 Å². The molecule has 0 aliphatic carbocycles. The summed E-state index contributed by atoms with van der Waals surface area (Å²) in [4.78, 5) is 3.74. The monoisotopic (exact) mass is 307 g/mol. The molecule has 2 nitrogen and oxygen atoms in total. The third-order valence-corrected chi connectivity index (χ3v) is 2.73. The number of ether oxygens (including phenoxy) is 1. The fourth-order valence-corrected chi connectivity index (χ4v) is 1.72. The van der Waals surface area contributed by atoms with E-state index in [1.54, 1.807) is 0 Å². The van der Waals surface area contributed by atoms with Gasteiger partial charge in [-0.1, -0.05) is 11.8 Å². The molecule has 0 aliphatic rings. The Kier molecular flexibility index (Phi) is 5.53. The Balaban J connectivity index is 2.14. The summed E-state index contributed by atoms with van der Waals surface area (Å²) in [6.07, 6.45) is 3.13. The van der Waals surface area contributed by atoms with E-state index in [1.165, 1.54) is 30.5 Å². The number of nitrogens with zero attached hydrogens (tertiary/aromatic N) is 1. The third kappa shape index (κ3) is 4.73. The van der Waals surface area contributed by atoms with Crippen LogP contribution in [-0.4, -0.2) is 10.9 Å². The molecular weight excluding hydrogens is 296 g/mol. The predicted molar refractivity (Wildman–Crippen MR) is 77.1 cm³/mol. The Morgan fingerprint density at radius 2 is 2.00 bits per heavy atom. The Morgan fingerprint density at radius 3 is 2.76 bits per heavy atom. The van der Waals surface area contributed by atoms with Gasteiger partial charge in [-0.15, -0.1) is 11.6 Å². The lowest BCUT2D eigenvalue weighted by molar-refractivity contribution is 0.303. The average molecular weight is 308 g/mol. The Morgan fingerprint density at radius 1 is 1.14 bits per heavy atom. The van der Waals surface area contributed by atoms with E-state index >= 15 is 0 Å². The molecule has 21 heavy (non-hydrogen) atoms. The fourth-order valence-electron chi connectivity index (χ4n) is 1.63. The smallest absolute Gasteiger partial charge is 0.141 e. The molecule has 0 saturated heterocycles. The summed E-state index contributed by atoms with van der Waals surface area (Å²) >= 11 is 5.54. The standard InChI is InChI=1S/C16H12ClF2NO/c17-6-2-1-3-13-8-14(18)4-5-16(13)21-11-12-7-15(19)10-20-9-12/h4-5,7-10H,2,6,11H2. The summed E-state index contributed by atoms with van der Waals surface area (Å²) in [5.74, 6) is 5.65. The molecule has 0 unspecified atom stereocenters. The quantitative estimate of drug-likeness (QED) is 0.631. The molecule has 0 spiro atoms. The molecule has 0 aliphatic heterocycles. The number of aromatic nitrogens is 1. The highest BCUT2D eigenvalue weighted by Gasteiger charge is 2.05. The molecule has 1 heterocycles. The van der Waals surface area contributed by atoms with Crippen LogP contribution in [-0.2, 0) is 6.61 Å². The minimum absolute atomic E-state index is 0.126. The topological polar surface area (TPSA) is 22.1 Å². The fraction of sp³-hybridized carbons (Fsp3) is 0.188. The molecule has 0 amide bonds. The summed E-state index contributed by atoms with van der Waals surface area (Å²) in [5, 5.41) is 0. The highest BCUT2D eigenvalue weighted by Crippen LogP contribution is 2.20. The van der Waals surface area contributed by atoms with Gasteiger partial charge in [-0.3, -0.25) is 4.98 Å². The summed E-state index contributed by atoms with van der Waals surface area (Å²) < 4.78 is 31.8. The van der Waals surface area contributed by atoms with E-state index in [9.17, 15) is 8.78 Å². The third-order valence-electron chi connectivity index (χ3n) is 2.54. The highest BCUT2D eigenvalue weighted by atomic mass is 35.5. The summed E-state index contributed by atoms with van der Waals surface area (Å²) in [6, 6.07) is 5.40. The maximum absolute atomic E-state index is 13.3. The zero-order valence-corrected chi connectivity index (χ0v) is 11.8. The van der Waals surface area contributed by atoms with Crippen LogP contribution < -0.4 is 4.74 Å². The van der Waals surface area contributed by atoms with Crippen LogP contribution in [0.25, 0.3) is 0 Å². The van der Waals surface area contributed by atoms with Gasteiger partial charge in [0.25, 0.3) is 0 Å². The van der Waals surface area contributed by atoms with Gasteiger partial charge in [0.05, 0.1) is 11.8 Å². The molecule has 0 N–H and O–H groups in total. The largest absolute Gasteiger partial charge is 0.488 e. The minimum atomic E-state index is -0.433. The normalized spacial score (nSPS) is 9.86. The second-order valence-corrected chi connectivity index (χ2v) is 4.56. The molecule has 108 valence electrons. The average Bonchev–Trinajstić information content (AvgIpc) is 2.47. The molecule has 2 rings (SSSR count). The number of halogens is 3. The summed E-state index contributed by atoms with van der Waals surface area (Å²) in [6.45, 7) is 0.126. The molecule has 1 aromatic heterocycles. The van der Waals surface area contributed by atoms with Crippen LogP contribution in [0.1, 0.15) is 17.5 Å². The maximum Gasteiger partial charge on any atom is 0.141 e. The van der Waals surface area contributed by atoms with Gasteiger partial charge in [0.1, 0.15) is 24.0 Å². The SMILES string of the molecule is Fc1cncc(COc2ccc(F)cc2C#CCCCl)c1. The first-order valence-corrected chi connectivity index (χ1v) is 6.79. The molecule has 5 heteroatoms. The van der Waals surface area contributed by atoms with E-state index in [0.717, 1.165) is 6.20 Å². The second-order valence-electron chi connectivity index (χ2n) is 4.18. The molecule has 0 bridgehead atoms. The van der Waals surface area contributed by atoms with Crippen molar-refractivity contribution in [3.05, 3.63) is 59.4 Å². The molecule has 1 aromatic carbocycles. The van der Waals surface area contributed by atoms with Crippen molar-refractivity contribution >= 4 is 11.6 Å².